The zero-order chi connectivity index (χ0) is 15.6. The molecule has 21 heavy (non-hydrogen) atoms. The molecular formula is C17H24N2O2. The van der Waals surface area contributed by atoms with Gasteiger partial charge in [-0.05, 0) is 25.5 Å². The molecule has 2 amide bonds. The first-order valence-electron chi connectivity index (χ1n) is 7.55. The number of hydrogen-bond donors (Lipinski definition) is 0. The van der Waals surface area contributed by atoms with Gasteiger partial charge in [0.15, 0.2) is 0 Å². The van der Waals surface area contributed by atoms with Crippen molar-refractivity contribution in [2.45, 2.75) is 27.7 Å². The van der Waals surface area contributed by atoms with Gasteiger partial charge in [-0.3, -0.25) is 9.59 Å². The molecule has 1 aromatic rings. The Kier molecular flexibility index (Phi) is 4.66. The van der Waals surface area contributed by atoms with Crippen molar-refractivity contribution in [1.82, 2.24) is 9.80 Å². The van der Waals surface area contributed by atoms with Gasteiger partial charge in [-0.1, -0.05) is 31.5 Å². The SMILES string of the molecule is Cc1ccc(C(=O)N2CCN(C(=O)C(C)C)CC2)c(C)c1. The second-order valence-electron chi connectivity index (χ2n) is 6.09. The van der Waals surface area contributed by atoms with Crippen molar-refractivity contribution < 1.29 is 9.59 Å². The summed E-state index contributed by atoms with van der Waals surface area (Å²) in [4.78, 5) is 28.2. The van der Waals surface area contributed by atoms with Crippen LogP contribution in [0.15, 0.2) is 18.2 Å². The molecule has 0 N–H and O–H groups in total. The summed E-state index contributed by atoms with van der Waals surface area (Å²) in [5, 5.41) is 0. The first-order chi connectivity index (χ1) is 9.90. The lowest BCUT2D eigenvalue weighted by Gasteiger charge is -2.35. The molecule has 4 heteroatoms. The Hall–Kier alpha value is -1.84. The van der Waals surface area contributed by atoms with E-state index in [-0.39, 0.29) is 17.7 Å². The van der Waals surface area contributed by atoms with Crippen molar-refractivity contribution in [3.8, 4) is 0 Å². The molecule has 0 saturated carbocycles. The van der Waals surface area contributed by atoms with Crippen molar-refractivity contribution >= 4 is 11.8 Å². The fraction of sp³-hybridized carbons (Fsp3) is 0.529. The molecule has 0 radical (unpaired) electrons. The van der Waals surface area contributed by atoms with Crippen LogP contribution in [-0.2, 0) is 4.79 Å². The Morgan fingerprint density at radius 1 is 1.00 bits per heavy atom. The number of aryl methyl sites for hydroxylation is 2. The van der Waals surface area contributed by atoms with Crippen LogP contribution in [0.1, 0.15) is 35.3 Å². The van der Waals surface area contributed by atoms with E-state index in [0.29, 0.717) is 26.2 Å². The van der Waals surface area contributed by atoms with E-state index in [2.05, 4.69) is 0 Å². The monoisotopic (exact) mass is 288 g/mol. The second-order valence-corrected chi connectivity index (χ2v) is 6.09. The highest BCUT2D eigenvalue weighted by Crippen LogP contribution is 2.15. The number of amides is 2. The van der Waals surface area contributed by atoms with E-state index in [1.165, 1.54) is 0 Å². The molecule has 1 aromatic carbocycles. The number of nitrogens with zero attached hydrogens (tertiary/aromatic N) is 2. The lowest BCUT2D eigenvalue weighted by molar-refractivity contribution is -0.135. The summed E-state index contributed by atoms with van der Waals surface area (Å²) in [5.41, 5.74) is 2.95. The minimum atomic E-state index is 0.0200. The van der Waals surface area contributed by atoms with Gasteiger partial charge in [0.05, 0.1) is 0 Å². The van der Waals surface area contributed by atoms with Crippen molar-refractivity contribution in [2.24, 2.45) is 5.92 Å². The van der Waals surface area contributed by atoms with Crippen LogP contribution in [0, 0.1) is 19.8 Å². The number of carbonyl (C=O) groups excluding carboxylic acids is 2. The van der Waals surface area contributed by atoms with Gasteiger partial charge in [0, 0.05) is 37.7 Å². The first kappa shape index (κ1) is 15.5. The van der Waals surface area contributed by atoms with Gasteiger partial charge < -0.3 is 9.80 Å². The molecule has 4 nitrogen and oxygen atoms in total. The molecule has 0 aromatic heterocycles. The van der Waals surface area contributed by atoms with Crippen molar-refractivity contribution in [3.63, 3.8) is 0 Å². The summed E-state index contributed by atoms with van der Waals surface area (Å²) >= 11 is 0. The minimum Gasteiger partial charge on any atom is -0.339 e. The molecule has 0 aliphatic carbocycles. The quantitative estimate of drug-likeness (QED) is 0.837. The first-order valence-corrected chi connectivity index (χ1v) is 7.55. The molecule has 0 atom stereocenters. The van der Waals surface area contributed by atoms with Crippen LogP contribution in [0.3, 0.4) is 0 Å². The number of hydrogen-bond acceptors (Lipinski definition) is 2. The minimum absolute atomic E-state index is 0.0200. The predicted octanol–water partition coefficient (Wildman–Crippen LogP) is 2.24. The third-order valence-corrected chi connectivity index (χ3v) is 3.98. The topological polar surface area (TPSA) is 40.6 Å². The Balaban J connectivity index is 2.02. The average Bonchev–Trinajstić information content (AvgIpc) is 2.46. The smallest absolute Gasteiger partial charge is 0.254 e. The van der Waals surface area contributed by atoms with Gasteiger partial charge in [-0.15, -0.1) is 0 Å². The van der Waals surface area contributed by atoms with Crippen molar-refractivity contribution in [3.05, 3.63) is 34.9 Å². The Morgan fingerprint density at radius 3 is 2.10 bits per heavy atom. The summed E-state index contributed by atoms with van der Waals surface area (Å²) in [6.07, 6.45) is 0. The fourth-order valence-corrected chi connectivity index (χ4v) is 2.72. The van der Waals surface area contributed by atoms with Crippen LogP contribution in [0.25, 0.3) is 0 Å². The highest BCUT2D eigenvalue weighted by molar-refractivity contribution is 5.96. The lowest BCUT2D eigenvalue weighted by Crippen LogP contribution is -2.51. The van der Waals surface area contributed by atoms with Gasteiger partial charge in [0.1, 0.15) is 0 Å². The molecular weight excluding hydrogens is 264 g/mol. The molecule has 114 valence electrons. The normalized spacial score (nSPS) is 15.5. The van der Waals surface area contributed by atoms with Gasteiger partial charge in [-0.2, -0.15) is 0 Å². The molecule has 0 spiro atoms. The lowest BCUT2D eigenvalue weighted by atomic mass is 10.0. The Morgan fingerprint density at radius 2 is 1.57 bits per heavy atom. The molecule has 1 heterocycles. The summed E-state index contributed by atoms with van der Waals surface area (Å²) in [6, 6.07) is 5.91. The number of piperazine rings is 1. The maximum atomic E-state index is 12.6. The third kappa shape index (κ3) is 3.43. The van der Waals surface area contributed by atoms with Gasteiger partial charge in [0.2, 0.25) is 5.91 Å². The number of rotatable bonds is 2. The third-order valence-electron chi connectivity index (χ3n) is 3.98. The summed E-state index contributed by atoms with van der Waals surface area (Å²) in [5.74, 6) is 0.268. The van der Waals surface area contributed by atoms with Crippen LogP contribution in [-0.4, -0.2) is 47.8 Å². The van der Waals surface area contributed by atoms with Crippen molar-refractivity contribution in [2.75, 3.05) is 26.2 Å². The van der Waals surface area contributed by atoms with E-state index in [1.807, 2.05) is 55.7 Å². The zero-order valence-corrected chi connectivity index (χ0v) is 13.3. The number of carbonyl (C=O) groups is 2. The molecule has 0 bridgehead atoms. The summed E-state index contributed by atoms with van der Waals surface area (Å²) < 4.78 is 0. The van der Waals surface area contributed by atoms with E-state index in [9.17, 15) is 9.59 Å². The Labute approximate surface area is 126 Å². The molecule has 0 unspecified atom stereocenters. The molecule has 1 aliphatic heterocycles. The van der Waals surface area contributed by atoms with E-state index in [1.54, 1.807) is 0 Å². The maximum absolute atomic E-state index is 12.6. The van der Waals surface area contributed by atoms with Crippen LogP contribution in [0.2, 0.25) is 0 Å². The van der Waals surface area contributed by atoms with E-state index < -0.39 is 0 Å². The largest absolute Gasteiger partial charge is 0.339 e. The standard InChI is InChI=1S/C17H24N2O2/c1-12(2)16(20)18-7-9-19(10-8-18)17(21)15-6-5-13(3)11-14(15)4/h5-6,11-12H,7-10H2,1-4H3. The van der Waals surface area contributed by atoms with Crippen LogP contribution < -0.4 is 0 Å². The maximum Gasteiger partial charge on any atom is 0.254 e. The number of benzene rings is 1. The van der Waals surface area contributed by atoms with Crippen molar-refractivity contribution in [1.29, 1.82) is 0 Å². The van der Waals surface area contributed by atoms with Gasteiger partial charge in [-0.25, -0.2) is 0 Å². The molecule has 2 rings (SSSR count). The zero-order valence-electron chi connectivity index (χ0n) is 13.3. The molecule has 1 fully saturated rings. The molecule has 1 aliphatic rings. The van der Waals surface area contributed by atoms with Crippen LogP contribution in [0.5, 0.6) is 0 Å². The van der Waals surface area contributed by atoms with Gasteiger partial charge in [0.25, 0.3) is 5.91 Å². The molecule has 1 saturated heterocycles. The highest BCUT2D eigenvalue weighted by Gasteiger charge is 2.26. The van der Waals surface area contributed by atoms with Crippen LogP contribution >= 0.6 is 0 Å². The summed E-state index contributed by atoms with van der Waals surface area (Å²) in [6.45, 7) is 10.3. The van der Waals surface area contributed by atoms with E-state index in [4.69, 9.17) is 0 Å². The van der Waals surface area contributed by atoms with E-state index >= 15 is 0 Å². The van der Waals surface area contributed by atoms with E-state index in [0.717, 1.165) is 16.7 Å². The summed E-state index contributed by atoms with van der Waals surface area (Å²) in [7, 11) is 0. The predicted molar refractivity (Wildman–Crippen MR) is 83.2 cm³/mol. The Bertz CT molecular complexity index is 544. The fourth-order valence-electron chi connectivity index (χ4n) is 2.72. The highest BCUT2D eigenvalue weighted by atomic mass is 16.2. The second kappa shape index (κ2) is 6.29. The van der Waals surface area contributed by atoms with Gasteiger partial charge >= 0.3 is 0 Å². The van der Waals surface area contributed by atoms with Crippen LogP contribution in [0.4, 0.5) is 0 Å². The average molecular weight is 288 g/mol.